The molecule has 6 nitrogen and oxygen atoms in total. The highest BCUT2D eigenvalue weighted by Crippen LogP contribution is 2.29. The minimum atomic E-state index is -1.40. The Kier molecular flexibility index (Phi) is 7.99. The van der Waals surface area contributed by atoms with E-state index in [1.165, 1.54) is 6.92 Å². The van der Waals surface area contributed by atoms with Crippen molar-refractivity contribution in [1.29, 1.82) is 0 Å². The maximum Gasteiger partial charge on any atom is 0.217 e. The lowest BCUT2D eigenvalue weighted by Gasteiger charge is -2.40. The standard InChI is InChI=1S/C25H31FN2O4/c1-18(29)27-22(24(30)20-6-4-3-5-7-20)16-23(26)28-14-12-25(31,13-15-28)17-19-8-10-21(32-2)11-9-19/h3-11,22-23,31H,12-17H2,1-2H3,(H,27,29). The van der Waals surface area contributed by atoms with Gasteiger partial charge in [-0.25, -0.2) is 4.39 Å². The normalized spacial score (nSPS) is 17.9. The van der Waals surface area contributed by atoms with Crippen molar-refractivity contribution in [3.8, 4) is 5.75 Å². The maximum atomic E-state index is 15.2. The highest BCUT2D eigenvalue weighted by atomic mass is 19.1. The van der Waals surface area contributed by atoms with Crippen LogP contribution in [-0.2, 0) is 11.2 Å². The Labute approximate surface area is 188 Å². The van der Waals surface area contributed by atoms with Gasteiger partial charge in [0, 0.05) is 38.4 Å². The van der Waals surface area contributed by atoms with Crippen LogP contribution in [0.25, 0.3) is 0 Å². The van der Waals surface area contributed by atoms with Crippen molar-refractivity contribution in [2.24, 2.45) is 0 Å². The van der Waals surface area contributed by atoms with E-state index in [-0.39, 0.29) is 18.1 Å². The summed E-state index contributed by atoms with van der Waals surface area (Å²) in [4.78, 5) is 26.0. The number of nitrogens with zero attached hydrogens (tertiary/aromatic N) is 1. The lowest BCUT2D eigenvalue weighted by Crippen LogP contribution is -2.50. The Balaban J connectivity index is 1.58. The lowest BCUT2D eigenvalue weighted by molar-refractivity contribution is -0.119. The zero-order chi connectivity index (χ0) is 23.1. The largest absolute Gasteiger partial charge is 0.497 e. The van der Waals surface area contributed by atoms with Gasteiger partial charge in [-0.1, -0.05) is 42.5 Å². The van der Waals surface area contributed by atoms with Crippen LogP contribution in [0.1, 0.15) is 42.1 Å². The number of halogens is 1. The third-order valence-corrected chi connectivity index (χ3v) is 6.00. The lowest BCUT2D eigenvalue weighted by atomic mass is 9.85. The van der Waals surface area contributed by atoms with Crippen molar-refractivity contribution in [3.63, 3.8) is 0 Å². The number of benzene rings is 2. The first-order chi connectivity index (χ1) is 15.3. The third-order valence-electron chi connectivity index (χ3n) is 6.00. The molecule has 0 saturated carbocycles. The van der Waals surface area contributed by atoms with E-state index >= 15 is 4.39 Å². The molecule has 0 radical (unpaired) electrons. The van der Waals surface area contributed by atoms with Crippen LogP contribution in [0.15, 0.2) is 54.6 Å². The van der Waals surface area contributed by atoms with E-state index in [0.717, 1.165) is 11.3 Å². The molecule has 2 aromatic rings. The molecule has 0 aliphatic carbocycles. The van der Waals surface area contributed by atoms with Gasteiger partial charge in [-0.05, 0) is 30.5 Å². The number of hydrogen-bond acceptors (Lipinski definition) is 5. The molecule has 7 heteroatoms. The number of ether oxygens (including phenoxy) is 1. The molecule has 172 valence electrons. The van der Waals surface area contributed by atoms with Gasteiger partial charge in [-0.15, -0.1) is 0 Å². The molecule has 2 atom stereocenters. The molecule has 1 amide bonds. The fourth-order valence-electron chi connectivity index (χ4n) is 4.14. The number of alkyl halides is 1. The van der Waals surface area contributed by atoms with E-state index in [0.29, 0.717) is 37.9 Å². The van der Waals surface area contributed by atoms with Gasteiger partial charge in [0.2, 0.25) is 5.91 Å². The van der Waals surface area contributed by atoms with Crippen LogP contribution in [-0.4, -0.2) is 59.8 Å². The molecule has 1 saturated heterocycles. The molecule has 1 fully saturated rings. The van der Waals surface area contributed by atoms with E-state index in [2.05, 4.69) is 5.32 Å². The fourth-order valence-corrected chi connectivity index (χ4v) is 4.14. The Bertz CT molecular complexity index is 896. The second kappa shape index (κ2) is 10.7. The van der Waals surface area contributed by atoms with Gasteiger partial charge in [0.15, 0.2) is 12.1 Å². The minimum absolute atomic E-state index is 0.135. The van der Waals surface area contributed by atoms with Gasteiger partial charge >= 0.3 is 0 Å². The van der Waals surface area contributed by atoms with E-state index in [1.54, 1.807) is 42.3 Å². The maximum absolute atomic E-state index is 15.2. The predicted molar refractivity (Wildman–Crippen MR) is 120 cm³/mol. The number of aliphatic hydroxyl groups is 1. The first kappa shape index (κ1) is 23.9. The quantitative estimate of drug-likeness (QED) is 0.461. The Morgan fingerprint density at radius 2 is 1.75 bits per heavy atom. The van der Waals surface area contributed by atoms with Crippen LogP contribution in [0.3, 0.4) is 0 Å². The van der Waals surface area contributed by atoms with Crippen molar-refractivity contribution < 1.29 is 23.8 Å². The van der Waals surface area contributed by atoms with Crippen molar-refractivity contribution in [2.75, 3.05) is 20.2 Å². The number of nitrogens with one attached hydrogen (secondary N) is 1. The van der Waals surface area contributed by atoms with E-state index in [1.807, 2.05) is 24.3 Å². The summed E-state index contributed by atoms with van der Waals surface area (Å²) >= 11 is 0. The number of likely N-dealkylation sites (tertiary alicyclic amines) is 1. The Hall–Kier alpha value is -2.77. The van der Waals surface area contributed by atoms with Crippen LogP contribution in [0.4, 0.5) is 4.39 Å². The molecule has 3 rings (SSSR count). The molecular formula is C25H31FN2O4. The van der Waals surface area contributed by atoms with E-state index < -0.39 is 17.9 Å². The topological polar surface area (TPSA) is 78.9 Å². The predicted octanol–water partition coefficient (Wildman–Crippen LogP) is 3.14. The number of ketones is 1. The first-order valence-corrected chi connectivity index (χ1v) is 10.9. The van der Waals surface area contributed by atoms with Crippen molar-refractivity contribution in [2.45, 2.75) is 50.5 Å². The average Bonchev–Trinajstić information content (AvgIpc) is 2.79. The highest BCUT2D eigenvalue weighted by Gasteiger charge is 2.36. The van der Waals surface area contributed by atoms with Crippen LogP contribution in [0.5, 0.6) is 5.75 Å². The number of rotatable bonds is 9. The van der Waals surface area contributed by atoms with Crippen molar-refractivity contribution >= 4 is 11.7 Å². The zero-order valence-corrected chi connectivity index (χ0v) is 18.6. The summed E-state index contributed by atoms with van der Waals surface area (Å²) in [7, 11) is 1.61. The minimum Gasteiger partial charge on any atom is -0.497 e. The first-order valence-electron chi connectivity index (χ1n) is 10.9. The third kappa shape index (κ3) is 6.37. The fraction of sp³-hybridized carbons (Fsp3) is 0.440. The molecule has 1 aliphatic heterocycles. The second-order valence-corrected chi connectivity index (χ2v) is 8.44. The summed E-state index contributed by atoms with van der Waals surface area (Å²) in [5.41, 5.74) is 0.533. The molecule has 2 unspecified atom stereocenters. The number of carbonyl (C=O) groups is 2. The van der Waals surface area contributed by atoms with Crippen LogP contribution in [0.2, 0.25) is 0 Å². The molecule has 0 spiro atoms. The van der Waals surface area contributed by atoms with Crippen LogP contribution in [0, 0.1) is 0 Å². The van der Waals surface area contributed by atoms with Crippen molar-refractivity contribution in [3.05, 3.63) is 65.7 Å². The van der Waals surface area contributed by atoms with Gasteiger partial charge < -0.3 is 15.2 Å². The zero-order valence-electron chi connectivity index (χ0n) is 18.6. The van der Waals surface area contributed by atoms with Crippen LogP contribution < -0.4 is 10.1 Å². The van der Waals surface area contributed by atoms with Gasteiger partial charge in [-0.2, -0.15) is 0 Å². The number of methoxy groups -OCH3 is 1. The molecule has 0 bridgehead atoms. The van der Waals surface area contributed by atoms with Gasteiger partial charge in [0.25, 0.3) is 0 Å². The molecular weight excluding hydrogens is 411 g/mol. The molecule has 0 aromatic heterocycles. The summed E-state index contributed by atoms with van der Waals surface area (Å²) < 4.78 is 20.3. The highest BCUT2D eigenvalue weighted by molar-refractivity contribution is 6.01. The number of carbonyl (C=O) groups excluding carboxylic acids is 2. The molecule has 2 N–H and O–H groups in total. The average molecular weight is 443 g/mol. The second-order valence-electron chi connectivity index (χ2n) is 8.44. The van der Waals surface area contributed by atoms with E-state index in [4.69, 9.17) is 4.74 Å². The molecule has 2 aromatic carbocycles. The number of Topliss-reactive ketones (excluding diaryl/α,β-unsaturated/α-hetero) is 1. The monoisotopic (exact) mass is 442 g/mol. The van der Waals surface area contributed by atoms with Crippen LogP contribution >= 0.6 is 0 Å². The summed E-state index contributed by atoms with van der Waals surface area (Å²) in [6.45, 7) is 2.07. The number of piperidine rings is 1. The summed E-state index contributed by atoms with van der Waals surface area (Å²) in [5, 5.41) is 13.6. The Morgan fingerprint density at radius 3 is 2.31 bits per heavy atom. The number of hydrogen-bond donors (Lipinski definition) is 2. The summed E-state index contributed by atoms with van der Waals surface area (Å²) in [5.74, 6) is 0.0741. The van der Waals surface area contributed by atoms with Gasteiger partial charge in [-0.3, -0.25) is 14.5 Å². The Morgan fingerprint density at radius 1 is 1.12 bits per heavy atom. The summed E-state index contributed by atoms with van der Waals surface area (Å²) in [6, 6.07) is 15.2. The van der Waals surface area contributed by atoms with E-state index in [9.17, 15) is 14.7 Å². The summed E-state index contributed by atoms with van der Waals surface area (Å²) in [6.07, 6.45) is -0.189. The smallest absolute Gasteiger partial charge is 0.217 e. The molecule has 1 heterocycles. The molecule has 1 aliphatic rings. The van der Waals surface area contributed by atoms with Gasteiger partial charge in [0.05, 0.1) is 18.8 Å². The number of amides is 1. The SMILES string of the molecule is COc1ccc(CC2(O)CCN(C(F)CC(NC(C)=O)C(=O)c3ccccc3)CC2)cc1. The van der Waals surface area contributed by atoms with Crippen molar-refractivity contribution in [1.82, 2.24) is 10.2 Å². The molecule has 32 heavy (non-hydrogen) atoms. The van der Waals surface area contributed by atoms with Gasteiger partial charge in [0.1, 0.15) is 5.75 Å².